The van der Waals surface area contributed by atoms with Gasteiger partial charge >= 0.3 is 5.97 Å². The first kappa shape index (κ1) is 14.1. The third-order valence-electron chi connectivity index (χ3n) is 3.45. The van der Waals surface area contributed by atoms with Gasteiger partial charge in [-0.1, -0.05) is 0 Å². The van der Waals surface area contributed by atoms with Crippen molar-refractivity contribution in [2.75, 3.05) is 44.4 Å². The van der Waals surface area contributed by atoms with Crippen LogP contribution in [0.3, 0.4) is 0 Å². The fourth-order valence-corrected chi connectivity index (χ4v) is 3.61. The van der Waals surface area contributed by atoms with Crippen LogP contribution in [-0.2, 0) is 4.74 Å². The normalized spacial score (nSPS) is 21.2. The maximum Gasteiger partial charge on any atom is 0.350 e. The lowest BCUT2D eigenvalue weighted by molar-refractivity contribution is 0.0607. The molecule has 1 aromatic heterocycles. The van der Waals surface area contributed by atoms with Crippen LogP contribution in [0.4, 0.5) is 10.7 Å². The molecule has 0 radical (unpaired) electrons. The molecule has 5 nitrogen and oxygen atoms in total. The molecule has 0 saturated carbocycles. The highest BCUT2D eigenvalue weighted by Gasteiger charge is 2.24. The van der Waals surface area contributed by atoms with Crippen LogP contribution in [0.25, 0.3) is 0 Å². The number of methoxy groups -OCH3 is 1. The Bertz CT molecular complexity index is 461. The minimum Gasteiger partial charge on any atom is -0.465 e. The molecule has 1 aromatic rings. The zero-order valence-corrected chi connectivity index (χ0v) is 12.5. The Morgan fingerprint density at radius 1 is 1.53 bits per heavy atom. The summed E-state index contributed by atoms with van der Waals surface area (Å²) in [4.78, 5) is 16.8. The predicted molar refractivity (Wildman–Crippen MR) is 79.0 cm³/mol. The average Bonchev–Trinajstić information content (AvgIpc) is 2.66. The molecule has 0 bridgehead atoms. The molecular weight excluding hydrogens is 262 g/mol. The van der Waals surface area contributed by atoms with Crippen molar-refractivity contribution in [3.05, 3.63) is 10.9 Å². The zero-order chi connectivity index (χ0) is 14.0. The molecule has 19 heavy (non-hydrogen) atoms. The Balaban J connectivity index is 2.23. The van der Waals surface area contributed by atoms with Gasteiger partial charge in [-0.05, 0) is 33.0 Å². The summed E-state index contributed by atoms with van der Waals surface area (Å²) in [6.07, 6.45) is 1.12. The summed E-state index contributed by atoms with van der Waals surface area (Å²) in [7, 11) is 3.52. The second-order valence-electron chi connectivity index (χ2n) is 5.02. The number of nitrogens with zero attached hydrogens (tertiary/aromatic N) is 2. The highest BCUT2D eigenvalue weighted by Crippen LogP contribution is 2.34. The molecule has 1 unspecified atom stereocenters. The number of ether oxygens (including phenoxy) is 1. The molecule has 0 amide bonds. The Kier molecular flexibility index (Phi) is 4.31. The van der Waals surface area contributed by atoms with E-state index in [1.54, 1.807) is 0 Å². The number of likely N-dealkylation sites (N-methyl/N-ethyl adjacent to an activating group) is 1. The smallest absolute Gasteiger partial charge is 0.350 e. The van der Waals surface area contributed by atoms with Crippen LogP contribution < -0.4 is 10.6 Å². The average molecular weight is 283 g/mol. The van der Waals surface area contributed by atoms with Gasteiger partial charge in [0.05, 0.1) is 17.8 Å². The Labute approximate surface area is 117 Å². The molecule has 1 atom stereocenters. The van der Waals surface area contributed by atoms with Gasteiger partial charge in [-0.2, -0.15) is 0 Å². The molecule has 2 rings (SSSR count). The first-order valence-electron chi connectivity index (χ1n) is 6.45. The van der Waals surface area contributed by atoms with Gasteiger partial charge in [0.15, 0.2) is 0 Å². The second-order valence-corrected chi connectivity index (χ2v) is 6.05. The van der Waals surface area contributed by atoms with Crippen LogP contribution in [0.15, 0.2) is 6.07 Å². The fraction of sp³-hybridized carbons (Fsp3) is 0.615. The van der Waals surface area contributed by atoms with Gasteiger partial charge in [-0.25, -0.2) is 4.79 Å². The molecule has 0 aromatic carbocycles. The molecule has 1 aliphatic rings. The summed E-state index contributed by atoms with van der Waals surface area (Å²) in [5.74, 6) is -0.353. The molecule has 6 heteroatoms. The first-order valence-corrected chi connectivity index (χ1v) is 7.27. The van der Waals surface area contributed by atoms with E-state index in [1.807, 2.05) is 6.07 Å². The highest BCUT2D eigenvalue weighted by atomic mass is 32.1. The number of anilines is 2. The summed E-state index contributed by atoms with van der Waals surface area (Å²) in [6, 6.07) is 2.30. The van der Waals surface area contributed by atoms with Crippen molar-refractivity contribution in [1.82, 2.24) is 4.90 Å². The van der Waals surface area contributed by atoms with Crippen molar-refractivity contribution >= 4 is 28.0 Å². The molecule has 106 valence electrons. The quantitative estimate of drug-likeness (QED) is 0.836. The van der Waals surface area contributed by atoms with Crippen LogP contribution in [-0.4, -0.2) is 50.7 Å². The lowest BCUT2D eigenvalue weighted by atomic mass is 10.3. The van der Waals surface area contributed by atoms with E-state index in [0.717, 1.165) is 31.1 Å². The maximum atomic E-state index is 11.6. The monoisotopic (exact) mass is 283 g/mol. The number of hydrogen-bond acceptors (Lipinski definition) is 6. The van der Waals surface area contributed by atoms with Gasteiger partial charge in [-0.15, -0.1) is 11.3 Å². The van der Waals surface area contributed by atoms with Gasteiger partial charge in [0.2, 0.25) is 0 Å². The van der Waals surface area contributed by atoms with Crippen LogP contribution in [0.2, 0.25) is 0 Å². The minimum atomic E-state index is -0.353. The standard InChI is InChI=1S/C13H21N3O2S/c1-9-8-15(2)5-4-6-16(9)11-7-10(14)12(19-11)13(17)18-3/h7,9H,4-6,8,14H2,1-3H3. The number of thiophene rings is 1. The summed E-state index contributed by atoms with van der Waals surface area (Å²) in [5.41, 5.74) is 6.42. The van der Waals surface area contributed by atoms with Crippen LogP contribution >= 0.6 is 11.3 Å². The molecule has 1 saturated heterocycles. The number of rotatable bonds is 2. The van der Waals surface area contributed by atoms with Crippen LogP contribution in [0, 0.1) is 0 Å². The first-order chi connectivity index (χ1) is 9.02. The molecule has 1 aliphatic heterocycles. The maximum absolute atomic E-state index is 11.6. The van der Waals surface area contributed by atoms with Gasteiger partial charge in [-0.3, -0.25) is 0 Å². The largest absolute Gasteiger partial charge is 0.465 e. The van der Waals surface area contributed by atoms with E-state index in [4.69, 9.17) is 10.5 Å². The van der Waals surface area contributed by atoms with Gasteiger partial charge in [0, 0.05) is 19.1 Å². The fourth-order valence-electron chi connectivity index (χ4n) is 2.48. The predicted octanol–water partition coefficient (Wildman–Crippen LogP) is 1.65. The lowest BCUT2D eigenvalue weighted by Crippen LogP contribution is -2.37. The third-order valence-corrected chi connectivity index (χ3v) is 4.62. The van der Waals surface area contributed by atoms with Crippen molar-refractivity contribution < 1.29 is 9.53 Å². The summed E-state index contributed by atoms with van der Waals surface area (Å²) in [5, 5.41) is 1.06. The second kappa shape index (κ2) is 5.79. The van der Waals surface area contributed by atoms with E-state index in [9.17, 15) is 4.79 Å². The molecule has 0 spiro atoms. The summed E-state index contributed by atoms with van der Waals surface area (Å²) in [6.45, 7) is 5.32. The van der Waals surface area contributed by atoms with Crippen molar-refractivity contribution in [2.24, 2.45) is 0 Å². The Hall–Kier alpha value is -1.27. The third kappa shape index (κ3) is 3.01. The number of nitrogens with two attached hydrogens (primary N) is 1. The van der Waals surface area contributed by atoms with Crippen molar-refractivity contribution in [3.63, 3.8) is 0 Å². The lowest BCUT2D eigenvalue weighted by Gasteiger charge is -2.28. The van der Waals surface area contributed by atoms with Crippen molar-refractivity contribution in [3.8, 4) is 0 Å². The minimum absolute atomic E-state index is 0.353. The van der Waals surface area contributed by atoms with E-state index in [1.165, 1.54) is 18.4 Å². The van der Waals surface area contributed by atoms with E-state index in [-0.39, 0.29) is 5.97 Å². The van der Waals surface area contributed by atoms with Crippen molar-refractivity contribution in [2.45, 2.75) is 19.4 Å². The van der Waals surface area contributed by atoms with Crippen LogP contribution in [0.1, 0.15) is 23.0 Å². The van der Waals surface area contributed by atoms with Gasteiger partial charge in [0.1, 0.15) is 4.88 Å². The number of carbonyl (C=O) groups excluding carboxylic acids is 1. The Morgan fingerprint density at radius 2 is 2.26 bits per heavy atom. The zero-order valence-electron chi connectivity index (χ0n) is 11.7. The summed E-state index contributed by atoms with van der Waals surface area (Å²) < 4.78 is 4.75. The van der Waals surface area contributed by atoms with Gasteiger partial charge < -0.3 is 20.3 Å². The number of carbonyl (C=O) groups is 1. The van der Waals surface area contributed by atoms with Crippen LogP contribution in [0.5, 0.6) is 0 Å². The molecule has 2 heterocycles. The Morgan fingerprint density at radius 3 is 2.95 bits per heavy atom. The number of esters is 1. The van der Waals surface area contributed by atoms with E-state index in [0.29, 0.717) is 16.6 Å². The number of hydrogen-bond donors (Lipinski definition) is 1. The topological polar surface area (TPSA) is 58.8 Å². The van der Waals surface area contributed by atoms with E-state index in [2.05, 4.69) is 23.8 Å². The van der Waals surface area contributed by atoms with Gasteiger partial charge in [0.25, 0.3) is 0 Å². The number of nitrogen functional groups attached to an aromatic ring is 1. The molecule has 2 N–H and O–H groups in total. The molecular formula is C13H21N3O2S. The van der Waals surface area contributed by atoms with Crippen molar-refractivity contribution in [1.29, 1.82) is 0 Å². The highest BCUT2D eigenvalue weighted by molar-refractivity contribution is 7.18. The summed E-state index contributed by atoms with van der Waals surface area (Å²) >= 11 is 1.42. The van der Waals surface area contributed by atoms with E-state index >= 15 is 0 Å². The molecule has 1 fully saturated rings. The molecule has 0 aliphatic carbocycles. The van der Waals surface area contributed by atoms with E-state index < -0.39 is 0 Å². The SMILES string of the molecule is COC(=O)c1sc(N2CCCN(C)CC2C)cc1N.